The van der Waals surface area contributed by atoms with Gasteiger partial charge in [-0.05, 0) is 35.6 Å². The van der Waals surface area contributed by atoms with Gasteiger partial charge >= 0.3 is 6.01 Å². The summed E-state index contributed by atoms with van der Waals surface area (Å²) in [6.07, 6.45) is 0. The number of aromatic nitrogens is 3. The van der Waals surface area contributed by atoms with Crippen molar-refractivity contribution in [2.24, 2.45) is 5.92 Å². The molecule has 2 heterocycles. The maximum absolute atomic E-state index is 13.8. The lowest BCUT2D eigenvalue weighted by Crippen LogP contribution is -2.16. The zero-order chi connectivity index (χ0) is 22.3. The minimum atomic E-state index is -4.09. The average Bonchev–Trinajstić information content (AvgIpc) is 3.44. The van der Waals surface area contributed by atoms with E-state index in [0.29, 0.717) is 29.1 Å². The molecule has 0 radical (unpaired) electrons. The molecular weight excluding hydrogens is 430 g/mol. The molecule has 0 N–H and O–H groups in total. The van der Waals surface area contributed by atoms with E-state index in [1.54, 1.807) is 42.5 Å². The van der Waals surface area contributed by atoms with Gasteiger partial charge in [0.25, 0.3) is 10.0 Å². The highest BCUT2D eigenvalue weighted by molar-refractivity contribution is 7.90. The zero-order valence-corrected chi connectivity index (χ0v) is 18.4. The SMILES string of the molecule is CC(C)COc1nc(-c2ccc3c(c2)OCO3)n(S(=O)(=O)c2cccc3ccccc23)n1. The minimum Gasteiger partial charge on any atom is -0.462 e. The predicted octanol–water partition coefficient (Wildman–Crippen LogP) is 4.10. The van der Waals surface area contributed by atoms with Crippen molar-refractivity contribution in [1.29, 1.82) is 0 Å². The van der Waals surface area contributed by atoms with Crippen LogP contribution in [0.15, 0.2) is 65.6 Å². The quantitative estimate of drug-likeness (QED) is 0.436. The van der Waals surface area contributed by atoms with Crippen LogP contribution in [0.4, 0.5) is 0 Å². The monoisotopic (exact) mass is 451 g/mol. The van der Waals surface area contributed by atoms with Crippen molar-refractivity contribution < 1.29 is 22.6 Å². The van der Waals surface area contributed by atoms with Crippen molar-refractivity contribution in [2.45, 2.75) is 18.7 Å². The number of hydrogen-bond acceptors (Lipinski definition) is 7. The van der Waals surface area contributed by atoms with Crippen LogP contribution in [0, 0.1) is 5.92 Å². The normalized spacial score (nSPS) is 13.1. The third kappa shape index (κ3) is 3.54. The van der Waals surface area contributed by atoms with Crippen LogP contribution < -0.4 is 14.2 Å². The van der Waals surface area contributed by atoms with Gasteiger partial charge in [0.2, 0.25) is 6.79 Å². The van der Waals surface area contributed by atoms with Gasteiger partial charge in [-0.2, -0.15) is 13.4 Å². The lowest BCUT2D eigenvalue weighted by Gasteiger charge is -2.10. The maximum atomic E-state index is 13.8. The molecule has 0 spiro atoms. The smallest absolute Gasteiger partial charge is 0.337 e. The van der Waals surface area contributed by atoms with Gasteiger partial charge in [-0.3, -0.25) is 0 Å². The zero-order valence-electron chi connectivity index (χ0n) is 17.6. The van der Waals surface area contributed by atoms with Crippen molar-refractivity contribution in [3.8, 4) is 28.9 Å². The van der Waals surface area contributed by atoms with Crippen LogP contribution in [0.1, 0.15) is 13.8 Å². The molecule has 9 heteroatoms. The Balaban J connectivity index is 1.68. The van der Waals surface area contributed by atoms with Gasteiger partial charge in [0.05, 0.1) is 11.5 Å². The molecule has 1 aliphatic rings. The molecule has 0 amide bonds. The first-order valence-corrected chi connectivity index (χ1v) is 11.6. The van der Waals surface area contributed by atoms with Crippen LogP contribution in [0.3, 0.4) is 0 Å². The van der Waals surface area contributed by atoms with E-state index in [2.05, 4.69) is 10.1 Å². The number of ether oxygens (including phenoxy) is 3. The molecule has 8 nitrogen and oxygen atoms in total. The van der Waals surface area contributed by atoms with E-state index in [-0.39, 0.29) is 29.4 Å². The molecule has 32 heavy (non-hydrogen) atoms. The van der Waals surface area contributed by atoms with Crippen molar-refractivity contribution in [3.63, 3.8) is 0 Å². The number of fused-ring (bicyclic) bond motifs is 2. The molecule has 0 saturated heterocycles. The van der Waals surface area contributed by atoms with Gasteiger partial charge in [0, 0.05) is 10.9 Å². The largest absolute Gasteiger partial charge is 0.462 e. The Morgan fingerprint density at radius 2 is 1.81 bits per heavy atom. The fourth-order valence-electron chi connectivity index (χ4n) is 3.48. The van der Waals surface area contributed by atoms with E-state index >= 15 is 0 Å². The van der Waals surface area contributed by atoms with Gasteiger partial charge in [-0.1, -0.05) is 55.3 Å². The summed E-state index contributed by atoms with van der Waals surface area (Å²) in [4.78, 5) is 4.54. The molecule has 0 bridgehead atoms. The van der Waals surface area contributed by atoms with Gasteiger partial charge in [0.15, 0.2) is 17.3 Å². The summed E-state index contributed by atoms with van der Waals surface area (Å²) in [5, 5.41) is 5.65. The second kappa shape index (κ2) is 7.83. The highest BCUT2D eigenvalue weighted by atomic mass is 32.2. The molecule has 0 saturated carbocycles. The topological polar surface area (TPSA) is 92.5 Å². The maximum Gasteiger partial charge on any atom is 0.337 e. The Morgan fingerprint density at radius 3 is 2.66 bits per heavy atom. The Hall–Kier alpha value is -3.59. The third-order valence-electron chi connectivity index (χ3n) is 4.99. The molecular formula is C23H21N3O5S. The number of rotatable bonds is 6. The fraction of sp³-hybridized carbons (Fsp3) is 0.217. The average molecular weight is 452 g/mol. The van der Waals surface area contributed by atoms with Gasteiger partial charge in [-0.25, -0.2) is 0 Å². The van der Waals surface area contributed by atoms with Crippen molar-refractivity contribution in [2.75, 3.05) is 13.4 Å². The summed E-state index contributed by atoms with van der Waals surface area (Å²) < 4.78 is 45.0. The molecule has 1 aromatic heterocycles. The standard InChI is InChI=1S/C23H21N3O5S/c1-15(2)13-29-23-24-22(17-10-11-19-20(12-17)31-14-30-19)26(25-23)32(27,28)21-9-5-7-16-6-3-4-8-18(16)21/h3-12,15H,13-14H2,1-2H3. The van der Waals surface area contributed by atoms with Crippen molar-refractivity contribution >= 4 is 20.8 Å². The summed E-state index contributed by atoms with van der Waals surface area (Å²) >= 11 is 0. The van der Waals surface area contributed by atoms with E-state index in [1.807, 2.05) is 32.0 Å². The first kappa shape index (κ1) is 20.3. The van der Waals surface area contributed by atoms with Gasteiger partial charge in [-0.15, -0.1) is 4.09 Å². The summed E-state index contributed by atoms with van der Waals surface area (Å²) in [6.45, 7) is 4.45. The lowest BCUT2D eigenvalue weighted by atomic mass is 10.1. The van der Waals surface area contributed by atoms with Crippen LogP contribution >= 0.6 is 0 Å². The van der Waals surface area contributed by atoms with E-state index in [4.69, 9.17) is 14.2 Å². The van der Waals surface area contributed by atoms with Crippen LogP contribution in [0.5, 0.6) is 17.5 Å². The van der Waals surface area contributed by atoms with Crippen LogP contribution in [-0.2, 0) is 10.0 Å². The summed E-state index contributed by atoms with van der Waals surface area (Å²) in [7, 11) is -4.09. The Morgan fingerprint density at radius 1 is 1.03 bits per heavy atom. The van der Waals surface area contributed by atoms with Crippen LogP contribution in [-0.4, -0.2) is 36.0 Å². The van der Waals surface area contributed by atoms with E-state index in [0.717, 1.165) is 9.47 Å². The van der Waals surface area contributed by atoms with E-state index in [9.17, 15) is 8.42 Å². The molecule has 3 aromatic carbocycles. The van der Waals surface area contributed by atoms with Crippen molar-refractivity contribution in [3.05, 3.63) is 60.7 Å². The number of benzene rings is 3. The molecule has 0 atom stereocenters. The highest BCUT2D eigenvalue weighted by Gasteiger charge is 2.28. The molecule has 1 aliphatic heterocycles. The Bertz CT molecular complexity index is 1410. The first-order chi connectivity index (χ1) is 15.4. The van der Waals surface area contributed by atoms with Crippen LogP contribution in [0.25, 0.3) is 22.2 Å². The highest BCUT2D eigenvalue weighted by Crippen LogP contribution is 2.37. The lowest BCUT2D eigenvalue weighted by molar-refractivity contribution is 0.174. The fourth-order valence-corrected chi connectivity index (χ4v) is 4.93. The second-order valence-corrected chi connectivity index (χ2v) is 9.55. The van der Waals surface area contributed by atoms with Gasteiger partial charge < -0.3 is 14.2 Å². The minimum absolute atomic E-state index is 0.00446. The first-order valence-electron chi connectivity index (χ1n) is 10.2. The molecule has 0 unspecified atom stereocenters. The third-order valence-corrected chi connectivity index (χ3v) is 6.61. The number of hydrogen-bond donors (Lipinski definition) is 0. The second-order valence-electron chi connectivity index (χ2n) is 7.82. The molecule has 4 aromatic rings. The molecule has 0 fully saturated rings. The van der Waals surface area contributed by atoms with Gasteiger partial charge in [0.1, 0.15) is 0 Å². The van der Waals surface area contributed by atoms with E-state index in [1.165, 1.54) is 0 Å². The van der Waals surface area contributed by atoms with Crippen LogP contribution in [0.2, 0.25) is 0 Å². The summed E-state index contributed by atoms with van der Waals surface area (Å²) in [5.41, 5.74) is 0.518. The predicted molar refractivity (Wildman–Crippen MR) is 118 cm³/mol. The molecule has 0 aliphatic carbocycles. The summed E-state index contributed by atoms with van der Waals surface area (Å²) in [6, 6.07) is 17.6. The molecule has 5 rings (SSSR count). The van der Waals surface area contributed by atoms with Crippen molar-refractivity contribution in [1.82, 2.24) is 14.2 Å². The Kier molecular flexibility index (Phi) is 4.97. The molecule has 164 valence electrons. The summed E-state index contributed by atoms with van der Waals surface area (Å²) in [5.74, 6) is 1.47. The Labute approximate surface area is 185 Å². The van der Waals surface area contributed by atoms with E-state index < -0.39 is 10.0 Å². The number of nitrogens with zero attached hydrogens (tertiary/aromatic N) is 3.